The van der Waals surface area contributed by atoms with E-state index in [1.807, 2.05) is 66.3 Å². The van der Waals surface area contributed by atoms with Gasteiger partial charge in [0.25, 0.3) is 0 Å². The number of carbonyl (C=O) groups excluding carboxylic acids is 1. The van der Waals surface area contributed by atoms with Gasteiger partial charge in [-0.3, -0.25) is 9.36 Å². The highest BCUT2D eigenvalue weighted by Crippen LogP contribution is 2.26. The van der Waals surface area contributed by atoms with Gasteiger partial charge in [-0.15, -0.1) is 21.5 Å². The van der Waals surface area contributed by atoms with Crippen molar-refractivity contribution in [3.8, 4) is 5.75 Å². The van der Waals surface area contributed by atoms with Gasteiger partial charge in [0.1, 0.15) is 12.4 Å². The van der Waals surface area contributed by atoms with Crippen LogP contribution in [0, 0.1) is 6.92 Å². The SMILES string of the molecule is Cc1ccccc1OCc1nnc(S[C@H](C)C(=O)Nc2nccs2)n1Cc1ccccc1. The van der Waals surface area contributed by atoms with E-state index in [0.717, 1.165) is 16.9 Å². The molecule has 2 aromatic carbocycles. The van der Waals surface area contributed by atoms with Gasteiger partial charge in [0.15, 0.2) is 16.1 Å². The first kappa shape index (κ1) is 22.0. The maximum absolute atomic E-state index is 12.6. The maximum atomic E-state index is 12.6. The van der Waals surface area contributed by atoms with Gasteiger partial charge in [-0.05, 0) is 31.0 Å². The molecule has 0 aliphatic carbocycles. The molecule has 0 radical (unpaired) electrons. The molecule has 0 bridgehead atoms. The third-order valence-electron chi connectivity index (χ3n) is 4.74. The summed E-state index contributed by atoms with van der Waals surface area (Å²) in [6.07, 6.45) is 1.66. The molecule has 9 heteroatoms. The normalized spacial score (nSPS) is 11.8. The quantitative estimate of drug-likeness (QED) is 0.358. The van der Waals surface area contributed by atoms with Gasteiger partial charge in [-0.1, -0.05) is 60.3 Å². The molecular formula is C23H23N5O2S2. The Hall–Kier alpha value is -3.17. The smallest absolute Gasteiger partial charge is 0.239 e. The minimum absolute atomic E-state index is 0.128. The number of thiazole rings is 1. The van der Waals surface area contributed by atoms with Crippen LogP contribution in [-0.2, 0) is 17.9 Å². The van der Waals surface area contributed by atoms with Gasteiger partial charge in [0.05, 0.1) is 11.8 Å². The first-order chi connectivity index (χ1) is 15.6. The predicted octanol–water partition coefficient (Wildman–Crippen LogP) is 4.79. The summed E-state index contributed by atoms with van der Waals surface area (Å²) in [5.74, 6) is 1.39. The average Bonchev–Trinajstić information content (AvgIpc) is 3.44. The predicted molar refractivity (Wildman–Crippen MR) is 127 cm³/mol. The zero-order valence-electron chi connectivity index (χ0n) is 17.8. The molecule has 0 fully saturated rings. The van der Waals surface area contributed by atoms with Gasteiger partial charge in [0.2, 0.25) is 5.91 Å². The standard InChI is InChI=1S/C23H23N5O2S2/c1-16-8-6-7-11-19(16)30-15-20-26-27-23(28(20)14-18-9-4-3-5-10-18)32-17(2)21(29)25-22-24-12-13-31-22/h3-13,17H,14-15H2,1-2H3,(H,24,25,29)/t17-/m1/s1. The number of amides is 1. The number of thioether (sulfide) groups is 1. The summed E-state index contributed by atoms with van der Waals surface area (Å²) < 4.78 is 8.02. The van der Waals surface area contributed by atoms with Gasteiger partial charge in [-0.2, -0.15) is 0 Å². The number of hydrogen-bond acceptors (Lipinski definition) is 7. The molecule has 164 valence electrons. The number of carbonyl (C=O) groups is 1. The molecule has 0 aliphatic heterocycles. The molecule has 0 aliphatic rings. The first-order valence-corrected chi connectivity index (χ1v) is 11.9. The van der Waals surface area contributed by atoms with Crippen molar-refractivity contribution >= 4 is 34.1 Å². The zero-order chi connectivity index (χ0) is 22.3. The Labute approximate surface area is 194 Å². The van der Waals surface area contributed by atoms with E-state index in [0.29, 0.717) is 22.7 Å². The van der Waals surface area contributed by atoms with E-state index in [1.54, 1.807) is 6.20 Å². The van der Waals surface area contributed by atoms with Gasteiger partial charge in [0, 0.05) is 11.6 Å². The van der Waals surface area contributed by atoms with E-state index in [1.165, 1.54) is 23.1 Å². The van der Waals surface area contributed by atoms with Gasteiger partial charge in [-0.25, -0.2) is 4.98 Å². The van der Waals surface area contributed by atoms with Gasteiger partial charge >= 0.3 is 0 Å². The van der Waals surface area contributed by atoms with E-state index in [9.17, 15) is 4.79 Å². The Bertz CT molecular complexity index is 1160. The molecule has 1 atom stereocenters. The second-order valence-electron chi connectivity index (χ2n) is 7.11. The van der Waals surface area contributed by atoms with Crippen LogP contribution in [-0.4, -0.2) is 30.9 Å². The van der Waals surface area contributed by atoms with Crippen LogP contribution in [0.2, 0.25) is 0 Å². The van der Waals surface area contributed by atoms with Crippen molar-refractivity contribution in [2.24, 2.45) is 0 Å². The van der Waals surface area contributed by atoms with Crippen molar-refractivity contribution in [1.82, 2.24) is 19.7 Å². The van der Waals surface area contributed by atoms with Crippen LogP contribution in [0.1, 0.15) is 23.9 Å². The number of anilines is 1. The number of benzene rings is 2. The minimum atomic E-state index is -0.372. The van der Waals surface area contributed by atoms with E-state index in [2.05, 4.69) is 32.6 Å². The Morgan fingerprint density at radius 1 is 1.16 bits per heavy atom. The number of nitrogens with one attached hydrogen (secondary N) is 1. The van der Waals surface area contributed by atoms with Gasteiger partial charge < -0.3 is 10.1 Å². The average molecular weight is 466 g/mol. The molecule has 0 spiro atoms. The van der Waals surface area contributed by atoms with Crippen LogP contribution in [0.25, 0.3) is 0 Å². The monoisotopic (exact) mass is 465 g/mol. The number of hydrogen-bond donors (Lipinski definition) is 1. The molecule has 7 nitrogen and oxygen atoms in total. The third kappa shape index (κ3) is 5.54. The zero-order valence-corrected chi connectivity index (χ0v) is 19.4. The third-order valence-corrected chi connectivity index (χ3v) is 6.51. The number of aryl methyl sites for hydroxylation is 1. The molecular weight excluding hydrogens is 442 g/mol. The topological polar surface area (TPSA) is 81.9 Å². The summed E-state index contributed by atoms with van der Waals surface area (Å²) in [5, 5.41) is 14.3. The maximum Gasteiger partial charge on any atom is 0.239 e. The minimum Gasteiger partial charge on any atom is -0.485 e. The van der Waals surface area contributed by atoms with Crippen LogP contribution < -0.4 is 10.1 Å². The molecule has 0 unspecified atom stereocenters. The Morgan fingerprint density at radius 2 is 1.94 bits per heavy atom. The number of para-hydroxylation sites is 1. The first-order valence-electron chi connectivity index (χ1n) is 10.1. The summed E-state index contributed by atoms with van der Waals surface area (Å²) in [4.78, 5) is 16.7. The molecule has 0 saturated carbocycles. The summed E-state index contributed by atoms with van der Waals surface area (Å²) >= 11 is 2.75. The Kier molecular flexibility index (Phi) is 7.18. The van der Waals surface area contributed by atoms with Crippen molar-refractivity contribution in [2.75, 3.05) is 5.32 Å². The lowest BCUT2D eigenvalue weighted by Crippen LogP contribution is -2.23. The summed E-state index contributed by atoms with van der Waals surface area (Å²) in [6.45, 7) is 4.72. The molecule has 2 aromatic heterocycles. The molecule has 4 aromatic rings. The molecule has 1 amide bonds. The lowest BCUT2D eigenvalue weighted by atomic mass is 10.2. The lowest BCUT2D eigenvalue weighted by Gasteiger charge is -2.14. The van der Waals surface area contributed by atoms with Crippen LogP contribution in [0.4, 0.5) is 5.13 Å². The van der Waals surface area contributed by atoms with Crippen LogP contribution >= 0.6 is 23.1 Å². The van der Waals surface area contributed by atoms with Crippen LogP contribution in [0.5, 0.6) is 5.75 Å². The number of rotatable bonds is 9. The molecule has 1 N–H and O–H groups in total. The second kappa shape index (κ2) is 10.4. The molecule has 0 saturated heterocycles. The largest absolute Gasteiger partial charge is 0.485 e. The van der Waals surface area contributed by atoms with E-state index in [-0.39, 0.29) is 17.8 Å². The van der Waals surface area contributed by atoms with Crippen molar-refractivity contribution in [3.63, 3.8) is 0 Å². The Balaban J connectivity index is 1.53. The fraction of sp³-hybridized carbons (Fsp3) is 0.217. The van der Waals surface area contributed by atoms with Crippen molar-refractivity contribution in [2.45, 2.75) is 37.4 Å². The van der Waals surface area contributed by atoms with E-state index < -0.39 is 0 Å². The van der Waals surface area contributed by atoms with E-state index in [4.69, 9.17) is 4.74 Å². The fourth-order valence-electron chi connectivity index (χ4n) is 3.00. The van der Waals surface area contributed by atoms with Crippen molar-refractivity contribution in [1.29, 1.82) is 0 Å². The second-order valence-corrected chi connectivity index (χ2v) is 9.31. The van der Waals surface area contributed by atoms with Crippen LogP contribution in [0.15, 0.2) is 71.3 Å². The summed E-state index contributed by atoms with van der Waals surface area (Å²) in [7, 11) is 0. The van der Waals surface area contributed by atoms with E-state index >= 15 is 0 Å². The fourth-order valence-corrected chi connectivity index (χ4v) is 4.40. The highest BCUT2D eigenvalue weighted by molar-refractivity contribution is 8.00. The molecule has 2 heterocycles. The van der Waals surface area contributed by atoms with Crippen molar-refractivity contribution < 1.29 is 9.53 Å². The van der Waals surface area contributed by atoms with Crippen LogP contribution in [0.3, 0.4) is 0 Å². The summed E-state index contributed by atoms with van der Waals surface area (Å²) in [5.41, 5.74) is 2.18. The number of aromatic nitrogens is 4. The lowest BCUT2D eigenvalue weighted by molar-refractivity contribution is -0.115. The number of nitrogens with zero attached hydrogens (tertiary/aromatic N) is 4. The highest BCUT2D eigenvalue weighted by Gasteiger charge is 2.21. The Morgan fingerprint density at radius 3 is 2.69 bits per heavy atom. The molecule has 32 heavy (non-hydrogen) atoms. The summed E-state index contributed by atoms with van der Waals surface area (Å²) in [6, 6.07) is 18.0. The molecule has 4 rings (SSSR count). The van der Waals surface area contributed by atoms with Crippen molar-refractivity contribution in [3.05, 3.63) is 83.1 Å². The highest BCUT2D eigenvalue weighted by atomic mass is 32.2. The number of ether oxygens (including phenoxy) is 1.